The molecule has 1 saturated heterocycles. The van der Waals surface area contributed by atoms with Crippen molar-refractivity contribution in [1.29, 1.82) is 0 Å². The summed E-state index contributed by atoms with van der Waals surface area (Å²) in [6, 6.07) is 3.60. The lowest BCUT2D eigenvalue weighted by Gasteiger charge is -2.31. The van der Waals surface area contributed by atoms with Crippen LogP contribution in [-0.4, -0.2) is 43.5 Å². The summed E-state index contributed by atoms with van der Waals surface area (Å²) in [6.45, 7) is 4.01. The Bertz CT molecular complexity index is 870. The van der Waals surface area contributed by atoms with Crippen molar-refractivity contribution >= 4 is 5.91 Å². The van der Waals surface area contributed by atoms with Crippen molar-refractivity contribution in [3.05, 3.63) is 45.1 Å². The zero-order valence-electron chi connectivity index (χ0n) is 15.4. The van der Waals surface area contributed by atoms with Crippen molar-refractivity contribution < 1.29 is 4.79 Å². The first-order chi connectivity index (χ1) is 12.5. The topological polar surface area (TPSA) is 73.0 Å². The van der Waals surface area contributed by atoms with Gasteiger partial charge in [-0.25, -0.2) is 4.68 Å². The number of rotatable bonds is 3. The van der Waals surface area contributed by atoms with Gasteiger partial charge >= 0.3 is 0 Å². The highest BCUT2D eigenvalue weighted by molar-refractivity contribution is 5.92. The molecule has 4 rings (SSSR count). The molecule has 0 spiro atoms. The second-order valence-electron chi connectivity index (χ2n) is 7.52. The lowest BCUT2D eigenvalue weighted by Crippen LogP contribution is -2.40. The number of carbonyl (C=O) groups excluding carboxylic acids is 1. The second-order valence-corrected chi connectivity index (χ2v) is 7.52. The number of nitrogens with zero attached hydrogens (tertiary/aromatic N) is 5. The maximum Gasteiger partial charge on any atom is 0.274 e. The summed E-state index contributed by atoms with van der Waals surface area (Å²) in [5.41, 5.74) is 3.71. The summed E-state index contributed by atoms with van der Waals surface area (Å²) in [5, 5.41) is 8.86. The minimum absolute atomic E-state index is 0.0000253. The zero-order valence-corrected chi connectivity index (χ0v) is 15.4. The van der Waals surface area contributed by atoms with Gasteiger partial charge in [0.1, 0.15) is 0 Å². The summed E-state index contributed by atoms with van der Waals surface area (Å²) < 4.78 is 3.36. The molecule has 1 fully saturated rings. The average Bonchev–Trinajstić information content (AvgIpc) is 3.21. The number of likely N-dealkylation sites (tertiary alicyclic amines) is 1. The highest BCUT2D eigenvalue weighted by atomic mass is 16.2. The Hall–Kier alpha value is -2.44. The van der Waals surface area contributed by atoms with Gasteiger partial charge in [0.2, 0.25) is 0 Å². The maximum atomic E-state index is 12.6. The van der Waals surface area contributed by atoms with Crippen molar-refractivity contribution in [2.75, 3.05) is 13.1 Å². The first-order valence-corrected chi connectivity index (χ1v) is 9.41. The van der Waals surface area contributed by atoms with Crippen LogP contribution in [0.4, 0.5) is 0 Å². The third-order valence-electron chi connectivity index (χ3n) is 5.69. The average molecular weight is 355 g/mol. The van der Waals surface area contributed by atoms with Crippen LogP contribution in [0.2, 0.25) is 0 Å². The Kier molecular flexibility index (Phi) is 4.38. The van der Waals surface area contributed by atoms with Crippen LogP contribution >= 0.6 is 0 Å². The highest BCUT2D eigenvalue weighted by Gasteiger charge is 2.26. The third-order valence-corrected chi connectivity index (χ3v) is 5.69. The molecule has 3 heterocycles. The van der Waals surface area contributed by atoms with Gasteiger partial charge in [0.25, 0.3) is 11.5 Å². The molecule has 0 unspecified atom stereocenters. The van der Waals surface area contributed by atoms with E-state index < -0.39 is 0 Å². The van der Waals surface area contributed by atoms with Gasteiger partial charge in [-0.15, -0.1) is 0 Å². The van der Waals surface area contributed by atoms with Gasteiger partial charge in [0.05, 0.1) is 5.69 Å². The van der Waals surface area contributed by atoms with Crippen molar-refractivity contribution in [3.8, 4) is 0 Å². The van der Waals surface area contributed by atoms with E-state index in [1.807, 2.05) is 24.9 Å². The first-order valence-electron chi connectivity index (χ1n) is 9.41. The zero-order chi connectivity index (χ0) is 18.3. The van der Waals surface area contributed by atoms with Crippen LogP contribution in [-0.2, 0) is 26.4 Å². The Morgan fingerprint density at radius 1 is 1.19 bits per heavy atom. The van der Waals surface area contributed by atoms with Gasteiger partial charge in [-0.2, -0.15) is 10.2 Å². The van der Waals surface area contributed by atoms with E-state index in [1.165, 1.54) is 0 Å². The number of aromatic nitrogens is 4. The van der Waals surface area contributed by atoms with Gasteiger partial charge in [0.15, 0.2) is 5.69 Å². The van der Waals surface area contributed by atoms with Crippen LogP contribution < -0.4 is 5.56 Å². The lowest BCUT2D eigenvalue weighted by atomic mass is 9.96. The minimum atomic E-state index is -0.0000253. The number of hydrogen-bond acceptors (Lipinski definition) is 4. The predicted molar refractivity (Wildman–Crippen MR) is 97.1 cm³/mol. The molecule has 138 valence electrons. The Labute approximate surface area is 152 Å². The maximum absolute atomic E-state index is 12.6. The molecule has 2 aromatic heterocycles. The molecule has 0 atom stereocenters. The Morgan fingerprint density at radius 3 is 2.65 bits per heavy atom. The van der Waals surface area contributed by atoms with Crippen molar-refractivity contribution in [2.24, 2.45) is 13.0 Å². The SMILES string of the molecule is Cc1cc(C(=O)N2CCC(Cn3nc4c(cc3=O)CCC4)CC2)nn1C. The van der Waals surface area contributed by atoms with Gasteiger partial charge in [0, 0.05) is 38.4 Å². The molecule has 1 aliphatic heterocycles. The molecular formula is C19H25N5O2. The van der Waals surface area contributed by atoms with E-state index in [4.69, 9.17) is 0 Å². The van der Waals surface area contributed by atoms with Crippen LogP contribution in [0.15, 0.2) is 16.9 Å². The fraction of sp³-hybridized carbons (Fsp3) is 0.579. The summed E-state index contributed by atoms with van der Waals surface area (Å²) >= 11 is 0. The Balaban J connectivity index is 1.38. The van der Waals surface area contributed by atoms with E-state index in [-0.39, 0.29) is 11.5 Å². The molecule has 7 nitrogen and oxygen atoms in total. The third kappa shape index (κ3) is 3.18. The summed E-state index contributed by atoms with van der Waals surface area (Å²) in [5.74, 6) is 0.383. The smallest absolute Gasteiger partial charge is 0.274 e. The molecule has 1 amide bonds. The van der Waals surface area contributed by atoms with Gasteiger partial charge < -0.3 is 4.90 Å². The van der Waals surface area contributed by atoms with Gasteiger partial charge in [-0.1, -0.05) is 0 Å². The van der Waals surface area contributed by atoms with Crippen LogP contribution in [0.25, 0.3) is 0 Å². The number of hydrogen-bond donors (Lipinski definition) is 0. The molecule has 26 heavy (non-hydrogen) atoms. The molecule has 0 bridgehead atoms. The summed E-state index contributed by atoms with van der Waals surface area (Å²) in [7, 11) is 1.85. The molecule has 0 aromatic carbocycles. The summed E-state index contributed by atoms with van der Waals surface area (Å²) in [6.07, 6.45) is 4.84. The van der Waals surface area contributed by atoms with Crippen molar-refractivity contribution in [1.82, 2.24) is 24.5 Å². The lowest BCUT2D eigenvalue weighted by molar-refractivity contribution is 0.0673. The van der Waals surface area contributed by atoms with E-state index in [1.54, 1.807) is 15.4 Å². The van der Waals surface area contributed by atoms with Crippen molar-refractivity contribution in [3.63, 3.8) is 0 Å². The molecule has 1 aliphatic carbocycles. The number of carbonyl (C=O) groups is 1. The second kappa shape index (κ2) is 6.70. The minimum Gasteiger partial charge on any atom is -0.337 e. The molecule has 0 N–H and O–H groups in total. The number of amides is 1. The molecule has 2 aromatic rings. The number of aryl methyl sites for hydroxylation is 4. The monoisotopic (exact) mass is 355 g/mol. The first kappa shape index (κ1) is 17.0. The van der Waals surface area contributed by atoms with Gasteiger partial charge in [-0.05, 0) is 56.6 Å². The van der Waals surface area contributed by atoms with Crippen LogP contribution in [0.5, 0.6) is 0 Å². The van der Waals surface area contributed by atoms with Crippen molar-refractivity contribution in [2.45, 2.75) is 45.6 Å². The largest absolute Gasteiger partial charge is 0.337 e. The predicted octanol–water partition coefficient (Wildman–Crippen LogP) is 1.33. The van der Waals surface area contributed by atoms with Crippen LogP contribution in [0.3, 0.4) is 0 Å². The van der Waals surface area contributed by atoms with E-state index in [2.05, 4.69) is 10.2 Å². The molecule has 0 saturated carbocycles. The number of fused-ring (bicyclic) bond motifs is 1. The van der Waals surface area contributed by atoms with E-state index >= 15 is 0 Å². The quantitative estimate of drug-likeness (QED) is 0.833. The van der Waals surface area contributed by atoms with Gasteiger partial charge in [-0.3, -0.25) is 14.3 Å². The standard InChI is InChI=1S/C19H25N5O2/c1-13-10-17(20-22(13)2)19(26)23-8-6-14(7-9-23)12-24-18(25)11-15-4-3-5-16(15)21-24/h10-11,14H,3-9,12H2,1-2H3. The normalized spacial score (nSPS) is 17.5. The van der Waals surface area contributed by atoms with E-state index in [0.29, 0.717) is 31.2 Å². The molecule has 7 heteroatoms. The highest BCUT2D eigenvalue weighted by Crippen LogP contribution is 2.21. The van der Waals surface area contributed by atoms with E-state index in [9.17, 15) is 9.59 Å². The fourth-order valence-corrected chi connectivity index (χ4v) is 3.96. The molecular weight excluding hydrogens is 330 g/mol. The fourth-order valence-electron chi connectivity index (χ4n) is 3.96. The molecule has 0 radical (unpaired) electrons. The summed E-state index contributed by atoms with van der Waals surface area (Å²) in [4.78, 5) is 26.7. The Morgan fingerprint density at radius 2 is 1.96 bits per heavy atom. The van der Waals surface area contributed by atoms with Crippen LogP contribution in [0, 0.1) is 12.8 Å². The number of piperidine rings is 1. The molecule has 2 aliphatic rings. The van der Waals surface area contributed by atoms with Crippen LogP contribution in [0.1, 0.15) is 46.7 Å². The van der Waals surface area contributed by atoms with E-state index in [0.717, 1.165) is 49.1 Å².